The van der Waals surface area contributed by atoms with Crippen molar-refractivity contribution in [2.24, 2.45) is 0 Å². The predicted molar refractivity (Wildman–Crippen MR) is 84.6 cm³/mol. The minimum Gasteiger partial charge on any atom is -0.481 e. The molecule has 0 saturated heterocycles. The normalized spacial score (nSPS) is 13.5. The molecule has 0 amide bonds. The van der Waals surface area contributed by atoms with Crippen molar-refractivity contribution in [2.45, 2.75) is 6.42 Å². The van der Waals surface area contributed by atoms with E-state index in [1.807, 2.05) is 0 Å². The molecule has 9 nitrogen and oxygen atoms in total. The average Bonchev–Trinajstić information content (AvgIpc) is 3.05. The van der Waals surface area contributed by atoms with Gasteiger partial charge in [0, 0.05) is 5.38 Å². The van der Waals surface area contributed by atoms with Crippen LogP contribution in [0.2, 0.25) is 5.02 Å². The number of benzene rings is 1. The topological polar surface area (TPSA) is 121 Å². The lowest BCUT2D eigenvalue weighted by molar-refractivity contribution is -0.136. The maximum atomic E-state index is 12.4. The van der Waals surface area contributed by atoms with Gasteiger partial charge in [0.15, 0.2) is 5.13 Å². The third-order valence-corrected chi connectivity index (χ3v) is 5.15. The SMILES string of the molecule is O=C(O)Cc1csc(NS(=O)(=O)N2ONc3c(Cl)cccc32)n1. The Morgan fingerprint density at radius 2 is 2.30 bits per heavy atom. The number of halogens is 1. The van der Waals surface area contributed by atoms with Crippen LogP contribution in [-0.2, 0) is 26.4 Å². The summed E-state index contributed by atoms with van der Waals surface area (Å²) in [4.78, 5) is 19.5. The lowest BCUT2D eigenvalue weighted by Gasteiger charge is -2.15. The largest absolute Gasteiger partial charge is 0.481 e. The van der Waals surface area contributed by atoms with Crippen LogP contribution in [-0.4, -0.2) is 24.5 Å². The van der Waals surface area contributed by atoms with Crippen LogP contribution in [0, 0.1) is 0 Å². The first-order valence-electron chi connectivity index (χ1n) is 6.07. The van der Waals surface area contributed by atoms with E-state index in [2.05, 4.69) is 15.2 Å². The summed E-state index contributed by atoms with van der Waals surface area (Å²) in [7, 11) is -4.12. The molecule has 0 aliphatic carbocycles. The van der Waals surface area contributed by atoms with Crippen molar-refractivity contribution in [1.82, 2.24) is 4.98 Å². The number of aliphatic carboxylic acids is 1. The summed E-state index contributed by atoms with van der Waals surface area (Å²) < 4.78 is 27.6. The smallest absolute Gasteiger partial charge is 0.350 e. The van der Waals surface area contributed by atoms with Crippen molar-refractivity contribution in [3.05, 3.63) is 34.3 Å². The minimum atomic E-state index is -4.12. The van der Waals surface area contributed by atoms with Crippen LogP contribution >= 0.6 is 22.9 Å². The summed E-state index contributed by atoms with van der Waals surface area (Å²) in [6.45, 7) is 0. The summed E-state index contributed by atoms with van der Waals surface area (Å²) in [6, 6.07) is 4.67. The van der Waals surface area contributed by atoms with Gasteiger partial charge in [-0.1, -0.05) is 17.7 Å². The number of carboxylic acid groups (broad SMARTS) is 1. The summed E-state index contributed by atoms with van der Waals surface area (Å²) in [5.74, 6) is -1.06. The zero-order valence-corrected chi connectivity index (χ0v) is 13.6. The van der Waals surface area contributed by atoms with Gasteiger partial charge in [-0.15, -0.1) is 20.7 Å². The van der Waals surface area contributed by atoms with Crippen LogP contribution < -0.4 is 14.7 Å². The monoisotopic (exact) mass is 376 g/mol. The molecule has 3 rings (SSSR count). The van der Waals surface area contributed by atoms with Crippen molar-refractivity contribution in [1.29, 1.82) is 0 Å². The molecule has 122 valence electrons. The Morgan fingerprint density at radius 3 is 3.04 bits per heavy atom. The number of carbonyl (C=O) groups is 1. The molecule has 0 bridgehead atoms. The molecular weight excluding hydrogens is 368 g/mol. The fraction of sp³-hybridized carbons (Fsp3) is 0.0909. The minimum absolute atomic E-state index is 0.0281. The number of thiazole rings is 1. The number of rotatable bonds is 5. The summed E-state index contributed by atoms with van der Waals surface area (Å²) in [6.07, 6.45) is -0.293. The number of nitrogens with zero attached hydrogens (tertiary/aromatic N) is 2. The Bertz CT molecular complexity index is 869. The van der Waals surface area contributed by atoms with E-state index < -0.39 is 16.2 Å². The number of anilines is 3. The van der Waals surface area contributed by atoms with Gasteiger partial charge in [-0.2, -0.15) is 8.42 Å². The van der Waals surface area contributed by atoms with E-state index in [4.69, 9.17) is 21.6 Å². The highest BCUT2D eigenvalue weighted by molar-refractivity contribution is 7.94. The van der Waals surface area contributed by atoms with Gasteiger partial charge in [-0.25, -0.2) is 15.2 Å². The molecule has 1 aliphatic rings. The molecule has 0 spiro atoms. The second-order valence-electron chi connectivity index (χ2n) is 4.38. The molecule has 0 atom stereocenters. The van der Waals surface area contributed by atoms with E-state index in [1.54, 1.807) is 12.1 Å². The fourth-order valence-corrected chi connectivity index (χ4v) is 3.99. The Morgan fingerprint density at radius 1 is 1.52 bits per heavy atom. The highest BCUT2D eigenvalue weighted by Crippen LogP contribution is 2.39. The molecule has 2 aromatic rings. The molecule has 0 unspecified atom stereocenters. The Hall–Kier alpha value is -2.08. The predicted octanol–water partition coefficient (Wildman–Crippen LogP) is 1.86. The van der Waals surface area contributed by atoms with Gasteiger partial charge in [0.25, 0.3) is 0 Å². The fourth-order valence-electron chi connectivity index (χ4n) is 1.82. The number of hydrogen-bond acceptors (Lipinski definition) is 7. The number of fused-ring (bicyclic) bond motifs is 1. The molecule has 0 fully saturated rings. The van der Waals surface area contributed by atoms with E-state index in [9.17, 15) is 13.2 Å². The molecule has 0 saturated carbocycles. The molecule has 2 heterocycles. The van der Waals surface area contributed by atoms with E-state index in [0.29, 0.717) is 15.2 Å². The van der Waals surface area contributed by atoms with Crippen molar-refractivity contribution >= 4 is 55.6 Å². The number of nitrogens with one attached hydrogen (secondary N) is 2. The first-order chi connectivity index (χ1) is 10.9. The van der Waals surface area contributed by atoms with Gasteiger partial charge in [-0.05, 0) is 12.1 Å². The lowest BCUT2D eigenvalue weighted by atomic mass is 10.3. The van der Waals surface area contributed by atoms with Crippen LogP contribution in [0.1, 0.15) is 5.69 Å². The molecule has 1 aromatic carbocycles. The summed E-state index contributed by atoms with van der Waals surface area (Å²) in [5.41, 5.74) is 3.21. The number of para-hydroxylation sites is 1. The highest BCUT2D eigenvalue weighted by atomic mass is 35.5. The Labute approximate surface area is 139 Å². The lowest BCUT2D eigenvalue weighted by Crippen LogP contribution is -2.34. The second-order valence-corrected chi connectivity index (χ2v) is 7.13. The number of carboxylic acids is 1. The first kappa shape index (κ1) is 15.8. The third kappa shape index (κ3) is 3.17. The number of aromatic nitrogens is 1. The maximum absolute atomic E-state index is 12.4. The van der Waals surface area contributed by atoms with Crippen molar-refractivity contribution in [2.75, 3.05) is 14.7 Å². The van der Waals surface area contributed by atoms with Crippen LogP contribution in [0.5, 0.6) is 0 Å². The van der Waals surface area contributed by atoms with Crippen LogP contribution in [0.15, 0.2) is 23.6 Å². The molecule has 3 N–H and O–H groups in total. The van der Waals surface area contributed by atoms with Crippen molar-refractivity contribution < 1.29 is 23.3 Å². The Balaban J connectivity index is 1.82. The van der Waals surface area contributed by atoms with E-state index in [-0.39, 0.29) is 22.9 Å². The van der Waals surface area contributed by atoms with Gasteiger partial charge in [0.1, 0.15) is 11.4 Å². The van der Waals surface area contributed by atoms with E-state index in [1.165, 1.54) is 11.4 Å². The third-order valence-electron chi connectivity index (χ3n) is 2.74. The molecule has 12 heteroatoms. The second kappa shape index (κ2) is 5.85. The Kier molecular flexibility index (Phi) is 4.02. The van der Waals surface area contributed by atoms with Gasteiger partial charge >= 0.3 is 16.2 Å². The zero-order valence-electron chi connectivity index (χ0n) is 11.2. The zero-order chi connectivity index (χ0) is 16.6. The van der Waals surface area contributed by atoms with Crippen molar-refractivity contribution in [3.8, 4) is 0 Å². The summed E-state index contributed by atoms with van der Waals surface area (Å²) >= 11 is 6.91. The van der Waals surface area contributed by atoms with E-state index in [0.717, 1.165) is 11.3 Å². The molecular formula is C11H9ClN4O5S2. The quantitative estimate of drug-likeness (QED) is 0.728. The first-order valence-corrected chi connectivity index (χ1v) is 8.77. The van der Waals surface area contributed by atoms with Gasteiger partial charge < -0.3 is 5.11 Å². The van der Waals surface area contributed by atoms with Crippen molar-refractivity contribution in [3.63, 3.8) is 0 Å². The van der Waals surface area contributed by atoms with Crippen LogP contribution in [0.25, 0.3) is 0 Å². The van der Waals surface area contributed by atoms with Gasteiger partial charge in [0.05, 0.1) is 17.1 Å². The molecule has 1 aliphatic heterocycles. The number of hydrogen-bond donors (Lipinski definition) is 3. The molecule has 23 heavy (non-hydrogen) atoms. The summed E-state index contributed by atoms with van der Waals surface area (Å²) in [5, 5.41) is 10.5. The highest BCUT2D eigenvalue weighted by Gasteiger charge is 2.33. The standard InChI is InChI=1S/C11H9ClN4O5S2/c12-7-2-1-3-8-10(7)14-21-16(8)23(19,20)15-11-13-6(5-22-11)4-9(17)18/h1-3,5,14H,4H2,(H,13,15)(H,17,18). The van der Waals surface area contributed by atoms with E-state index >= 15 is 0 Å². The van der Waals surface area contributed by atoms with Gasteiger partial charge in [-0.3, -0.25) is 4.79 Å². The van der Waals surface area contributed by atoms with Crippen LogP contribution in [0.4, 0.5) is 16.5 Å². The molecule has 0 radical (unpaired) electrons. The van der Waals surface area contributed by atoms with Gasteiger partial charge in [0.2, 0.25) is 0 Å². The molecule has 1 aromatic heterocycles. The van der Waals surface area contributed by atoms with Crippen LogP contribution in [0.3, 0.4) is 0 Å². The maximum Gasteiger partial charge on any atom is 0.350 e. The average molecular weight is 377 g/mol.